The maximum Gasteiger partial charge on any atom is 0.276 e. The van der Waals surface area contributed by atoms with Gasteiger partial charge in [0.15, 0.2) is 5.69 Å². The molecule has 1 amide bonds. The Morgan fingerprint density at radius 3 is 2.50 bits per heavy atom. The lowest BCUT2D eigenvalue weighted by atomic mass is 10.2. The summed E-state index contributed by atoms with van der Waals surface area (Å²) >= 11 is 0. The van der Waals surface area contributed by atoms with Gasteiger partial charge in [0, 0.05) is 38.4 Å². The molecule has 1 aliphatic rings. The summed E-state index contributed by atoms with van der Waals surface area (Å²) in [7, 11) is 0. The van der Waals surface area contributed by atoms with Crippen LogP contribution in [-0.2, 0) is 0 Å². The van der Waals surface area contributed by atoms with Crippen molar-refractivity contribution < 1.29 is 4.79 Å². The number of aromatic nitrogens is 6. The highest BCUT2D eigenvalue weighted by Crippen LogP contribution is 2.21. The Balaban J connectivity index is 1.24. The molecule has 4 aromatic rings. The van der Waals surface area contributed by atoms with E-state index in [1.807, 2.05) is 62.4 Å². The SMILES string of the molecule is Cc1ccnc(Nc2cc(N3CCN(C(=O)c4cnn(-c5ccccc5)n4)CC3)nc(C)n2)c1. The number of carbonyl (C=O) groups excluding carboxylic acids is 1. The molecular formula is C24H25N9O. The van der Waals surface area contributed by atoms with Crippen LogP contribution in [0, 0.1) is 13.8 Å². The molecule has 3 aromatic heterocycles. The molecule has 5 rings (SSSR count). The van der Waals surface area contributed by atoms with E-state index in [4.69, 9.17) is 0 Å². The summed E-state index contributed by atoms with van der Waals surface area (Å²) in [5.41, 5.74) is 2.27. The van der Waals surface area contributed by atoms with E-state index >= 15 is 0 Å². The quantitative estimate of drug-likeness (QED) is 0.490. The van der Waals surface area contributed by atoms with E-state index in [9.17, 15) is 4.79 Å². The van der Waals surface area contributed by atoms with Gasteiger partial charge < -0.3 is 15.1 Å². The summed E-state index contributed by atoms with van der Waals surface area (Å²) in [5.74, 6) is 2.81. The molecular weight excluding hydrogens is 430 g/mol. The number of hydrogen-bond acceptors (Lipinski definition) is 8. The average Bonchev–Trinajstić information content (AvgIpc) is 3.34. The number of amides is 1. The molecule has 4 heterocycles. The van der Waals surface area contributed by atoms with Crippen LogP contribution in [0.5, 0.6) is 0 Å². The van der Waals surface area contributed by atoms with E-state index < -0.39 is 0 Å². The minimum Gasteiger partial charge on any atom is -0.353 e. The first-order chi connectivity index (χ1) is 16.5. The van der Waals surface area contributed by atoms with Crippen LogP contribution < -0.4 is 10.2 Å². The lowest BCUT2D eigenvalue weighted by Gasteiger charge is -2.35. The van der Waals surface area contributed by atoms with E-state index in [-0.39, 0.29) is 5.91 Å². The fourth-order valence-corrected chi connectivity index (χ4v) is 3.86. The number of carbonyl (C=O) groups is 1. The summed E-state index contributed by atoms with van der Waals surface area (Å²) in [6.45, 7) is 6.36. The molecule has 0 bridgehead atoms. The van der Waals surface area contributed by atoms with E-state index in [0.717, 1.165) is 22.9 Å². The minimum atomic E-state index is -0.117. The van der Waals surface area contributed by atoms with E-state index in [2.05, 4.69) is 35.4 Å². The van der Waals surface area contributed by atoms with E-state index in [1.54, 1.807) is 11.1 Å². The van der Waals surface area contributed by atoms with Crippen LogP contribution in [0.1, 0.15) is 21.9 Å². The number of hydrogen-bond donors (Lipinski definition) is 1. The zero-order chi connectivity index (χ0) is 23.5. The predicted octanol–water partition coefficient (Wildman–Crippen LogP) is 2.78. The lowest BCUT2D eigenvalue weighted by molar-refractivity contribution is 0.0740. The van der Waals surface area contributed by atoms with Crippen LogP contribution in [0.25, 0.3) is 5.69 Å². The Morgan fingerprint density at radius 2 is 1.74 bits per heavy atom. The Kier molecular flexibility index (Phi) is 5.86. The summed E-state index contributed by atoms with van der Waals surface area (Å²) in [6, 6.07) is 15.4. The monoisotopic (exact) mass is 455 g/mol. The number of rotatable bonds is 5. The van der Waals surface area contributed by atoms with Gasteiger partial charge in [0.1, 0.15) is 23.3 Å². The summed E-state index contributed by atoms with van der Waals surface area (Å²) in [6.07, 6.45) is 3.29. The lowest BCUT2D eigenvalue weighted by Crippen LogP contribution is -2.49. The second-order valence-electron chi connectivity index (χ2n) is 8.14. The second kappa shape index (κ2) is 9.26. The fraction of sp³-hybridized carbons (Fsp3) is 0.250. The van der Waals surface area contributed by atoms with E-state index in [1.165, 1.54) is 11.0 Å². The molecule has 0 unspecified atom stereocenters. The highest BCUT2D eigenvalue weighted by molar-refractivity contribution is 5.92. The third-order valence-corrected chi connectivity index (χ3v) is 5.58. The number of piperazine rings is 1. The van der Waals surface area contributed by atoms with Crippen molar-refractivity contribution in [1.82, 2.24) is 34.8 Å². The predicted molar refractivity (Wildman–Crippen MR) is 129 cm³/mol. The van der Waals surface area contributed by atoms with Crippen LogP contribution in [0.2, 0.25) is 0 Å². The molecule has 34 heavy (non-hydrogen) atoms. The van der Waals surface area contributed by atoms with Crippen molar-refractivity contribution in [2.75, 3.05) is 36.4 Å². The van der Waals surface area contributed by atoms with Crippen LogP contribution in [0.3, 0.4) is 0 Å². The van der Waals surface area contributed by atoms with Crippen molar-refractivity contribution in [1.29, 1.82) is 0 Å². The normalized spacial score (nSPS) is 13.7. The van der Waals surface area contributed by atoms with Gasteiger partial charge in [0.2, 0.25) is 0 Å². The molecule has 1 aliphatic heterocycles. The van der Waals surface area contributed by atoms with Gasteiger partial charge in [0.05, 0.1) is 11.9 Å². The van der Waals surface area contributed by atoms with Crippen LogP contribution >= 0.6 is 0 Å². The molecule has 1 fully saturated rings. The number of nitrogens with zero attached hydrogens (tertiary/aromatic N) is 8. The van der Waals surface area contributed by atoms with Gasteiger partial charge in [-0.05, 0) is 43.7 Å². The number of para-hydroxylation sites is 1. The van der Waals surface area contributed by atoms with Crippen LogP contribution in [-0.4, -0.2) is 66.9 Å². The Hall–Kier alpha value is -4.34. The molecule has 1 N–H and O–H groups in total. The van der Waals surface area contributed by atoms with Crippen molar-refractivity contribution in [3.63, 3.8) is 0 Å². The van der Waals surface area contributed by atoms with Crippen molar-refractivity contribution in [2.24, 2.45) is 0 Å². The number of nitrogens with one attached hydrogen (secondary N) is 1. The average molecular weight is 456 g/mol. The number of pyridine rings is 1. The number of benzene rings is 1. The van der Waals surface area contributed by atoms with Gasteiger partial charge in [-0.15, -0.1) is 5.10 Å². The van der Waals surface area contributed by atoms with E-state index in [0.29, 0.717) is 43.5 Å². The Morgan fingerprint density at radius 1 is 0.941 bits per heavy atom. The Labute approximate surface area is 197 Å². The third-order valence-electron chi connectivity index (χ3n) is 5.58. The first-order valence-electron chi connectivity index (χ1n) is 11.1. The second-order valence-corrected chi connectivity index (χ2v) is 8.14. The fourth-order valence-electron chi connectivity index (χ4n) is 3.86. The van der Waals surface area contributed by atoms with Crippen molar-refractivity contribution in [3.8, 4) is 5.69 Å². The molecule has 1 saturated heterocycles. The third kappa shape index (κ3) is 4.70. The molecule has 1 aromatic carbocycles. The van der Waals surface area contributed by atoms with Crippen molar-refractivity contribution >= 4 is 23.4 Å². The largest absolute Gasteiger partial charge is 0.353 e. The van der Waals surface area contributed by atoms with Gasteiger partial charge in [-0.1, -0.05) is 18.2 Å². The maximum atomic E-state index is 13.0. The van der Waals surface area contributed by atoms with Gasteiger partial charge in [0.25, 0.3) is 5.91 Å². The standard InChI is InChI=1S/C24H25N9O/c1-17-8-9-25-21(14-17)29-22-15-23(28-18(2)27-22)31-10-12-32(13-11-31)24(34)20-16-26-33(30-20)19-6-4-3-5-7-19/h3-9,14-16H,10-13H2,1-2H3,(H,25,27,28,29). The van der Waals surface area contributed by atoms with Crippen molar-refractivity contribution in [3.05, 3.63) is 78.0 Å². The maximum absolute atomic E-state index is 13.0. The molecule has 172 valence electrons. The smallest absolute Gasteiger partial charge is 0.276 e. The molecule has 10 heteroatoms. The number of aryl methyl sites for hydroxylation is 2. The highest BCUT2D eigenvalue weighted by atomic mass is 16.2. The minimum absolute atomic E-state index is 0.117. The van der Waals surface area contributed by atoms with Gasteiger partial charge >= 0.3 is 0 Å². The molecule has 0 saturated carbocycles. The van der Waals surface area contributed by atoms with Crippen LogP contribution in [0.4, 0.5) is 17.5 Å². The zero-order valence-corrected chi connectivity index (χ0v) is 19.1. The first kappa shape index (κ1) is 21.5. The molecule has 0 radical (unpaired) electrons. The molecule has 10 nitrogen and oxygen atoms in total. The van der Waals surface area contributed by atoms with Gasteiger partial charge in [-0.25, -0.2) is 15.0 Å². The van der Waals surface area contributed by atoms with Crippen LogP contribution in [0.15, 0.2) is 60.9 Å². The van der Waals surface area contributed by atoms with Crippen molar-refractivity contribution in [2.45, 2.75) is 13.8 Å². The van der Waals surface area contributed by atoms with Gasteiger partial charge in [-0.3, -0.25) is 4.79 Å². The molecule has 0 spiro atoms. The number of anilines is 3. The summed E-state index contributed by atoms with van der Waals surface area (Å²) < 4.78 is 0. The first-order valence-corrected chi connectivity index (χ1v) is 11.1. The molecule has 0 atom stereocenters. The summed E-state index contributed by atoms with van der Waals surface area (Å²) in [4.78, 5) is 31.9. The zero-order valence-electron chi connectivity index (χ0n) is 19.1. The highest BCUT2D eigenvalue weighted by Gasteiger charge is 2.25. The summed E-state index contributed by atoms with van der Waals surface area (Å²) in [5, 5.41) is 11.9. The van der Waals surface area contributed by atoms with Gasteiger partial charge in [-0.2, -0.15) is 9.90 Å². The topological polar surface area (TPSA) is 105 Å². The Bertz CT molecular complexity index is 1300. The molecule has 0 aliphatic carbocycles.